The lowest BCUT2D eigenvalue weighted by Gasteiger charge is -2.26. The molecule has 0 unspecified atom stereocenters. The van der Waals surface area contributed by atoms with Crippen LogP contribution in [0.5, 0.6) is 0 Å². The molecule has 0 atom stereocenters. The van der Waals surface area contributed by atoms with Crippen LogP contribution in [0, 0.1) is 0 Å². The van der Waals surface area contributed by atoms with Gasteiger partial charge in [0.2, 0.25) is 0 Å². The highest BCUT2D eigenvalue weighted by atomic mass is 15.1. The van der Waals surface area contributed by atoms with Gasteiger partial charge in [-0.3, -0.25) is 0 Å². The lowest BCUT2D eigenvalue weighted by atomic mass is 9.95. The first kappa shape index (κ1) is 35.7. The van der Waals surface area contributed by atoms with E-state index in [1.165, 1.54) is 77.5 Å². The molecular weight excluding hydrogens is 711 g/mol. The zero-order valence-corrected chi connectivity index (χ0v) is 32.6. The van der Waals surface area contributed by atoms with Crippen molar-refractivity contribution >= 4 is 27.8 Å². The van der Waals surface area contributed by atoms with E-state index in [1.54, 1.807) is 0 Å². The average molecular weight is 752 g/mol. The van der Waals surface area contributed by atoms with Crippen molar-refractivity contribution in [2.75, 3.05) is 4.90 Å². The molecule has 0 amide bonds. The predicted molar refractivity (Wildman–Crippen MR) is 251 cm³/mol. The minimum absolute atomic E-state index is 1.09. The van der Waals surface area contributed by atoms with Gasteiger partial charge in [-0.05, 0) is 126 Å². The smallest absolute Gasteiger partial charge is 0.0467 e. The molecule has 0 saturated carbocycles. The summed E-state index contributed by atoms with van der Waals surface area (Å²) in [6.45, 7) is 0. The molecule has 0 aliphatic heterocycles. The number of rotatable bonds is 9. The van der Waals surface area contributed by atoms with E-state index in [9.17, 15) is 0 Å². The number of nitrogens with zero attached hydrogens (tertiary/aromatic N) is 1. The molecule has 1 heteroatoms. The van der Waals surface area contributed by atoms with Gasteiger partial charge in [0.15, 0.2) is 0 Å². The van der Waals surface area contributed by atoms with Gasteiger partial charge in [0.1, 0.15) is 0 Å². The fourth-order valence-electron chi connectivity index (χ4n) is 8.22. The summed E-state index contributed by atoms with van der Waals surface area (Å²) in [5.74, 6) is 0. The third kappa shape index (κ3) is 7.46. The topological polar surface area (TPSA) is 3.24 Å². The third-order valence-corrected chi connectivity index (χ3v) is 11.3. The van der Waals surface area contributed by atoms with Crippen molar-refractivity contribution in [2.45, 2.75) is 0 Å². The molecule has 59 heavy (non-hydrogen) atoms. The summed E-state index contributed by atoms with van der Waals surface area (Å²) in [7, 11) is 0. The van der Waals surface area contributed by atoms with Crippen LogP contribution in [0.25, 0.3) is 77.5 Å². The maximum Gasteiger partial charge on any atom is 0.0467 e. The van der Waals surface area contributed by atoms with Gasteiger partial charge in [0.25, 0.3) is 0 Å². The number of fused-ring (bicyclic) bond motifs is 1. The zero-order valence-electron chi connectivity index (χ0n) is 32.6. The van der Waals surface area contributed by atoms with Gasteiger partial charge in [-0.15, -0.1) is 0 Å². The number of hydrogen-bond donors (Lipinski definition) is 0. The molecule has 0 aliphatic carbocycles. The van der Waals surface area contributed by atoms with Crippen molar-refractivity contribution in [3.8, 4) is 66.8 Å². The number of anilines is 3. The standard InChI is InChI=1S/C58H41N/c1-3-13-42(14-4-1)44-27-29-45(30-28-44)46-31-35-54(36-32-46)59(55-37-33-47(34-38-55)50-20-9-19-49(39-50)43-15-5-2-6-16-43)56-24-11-22-52(41-56)51-21-10-23-53(40-51)58-26-12-18-48-17-7-8-25-57(48)58/h1-41H. The first-order valence-electron chi connectivity index (χ1n) is 20.2. The lowest BCUT2D eigenvalue weighted by molar-refractivity contribution is 1.28. The quantitative estimate of drug-likeness (QED) is 0.142. The van der Waals surface area contributed by atoms with E-state index in [1.807, 2.05) is 0 Å². The maximum absolute atomic E-state index is 2.37. The Bertz CT molecular complexity index is 3000. The van der Waals surface area contributed by atoms with Gasteiger partial charge in [0.05, 0.1) is 0 Å². The van der Waals surface area contributed by atoms with Crippen molar-refractivity contribution in [1.29, 1.82) is 0 Å². The van der Waals surface area contributed by atoms with Crippen LogP contribution in [0.2, 0.25) is 0 Å². The Morgan fingerprint density at radius 2 is 0.559 bits per heavy atom. The molecule has 10 aromatic carbocycles. The minimum atomic E-state index is 1.09. The van der Waals surface area contributed by atoms with E-state index in [0.717, 1.165) is 17.1 Å². The van der Waals surface area contributed by atoms with E-state index >= 15 is 0 Å². The summed E-state index contributed by atoms with van der Waals surface area (Å²) in [4.78, 5) is 2.37. The summed E-state index contributed by atoms with van der Waals surface area (Å²) in [6, 6.07) is 89.8. The number of benzene rings is 10. The second-order valence-electron chi connectivity index (χ2n) is 15.0. The molecule has 0 bridgehead atoms. The highest BCUT2D eigenvalue weighted by molar-refractivity contribution is 5.97. The third-order valence-electron chi connectivity index (χ3n) is 11.3. The average Bonchev–Trinajstić information content (AvgIpc) is 3.33. The summed E-state index contributed by atoms with van der Waals surface area (Å²) in [5, 5.41) is 2.51. The number of hydrogen-bond acceptors (Lipinski definition) is 1. The molecule has 0 saturated heterocycles. The second kappa shape index (κ2) is 16.0. The molecule has 10 aromatic rings. The Balaban J connectivity index is 1.01. The van der Waals surface area contributed by atoms with Crippen molar-refractivity contribution in [3.05, 3.63) is 249 Å². The van der Waals surface area contributed by atoms with Crippen molar-refractivity contribution < 1.29 is 0 Å². The lowest BCUT2D eigenvalue weighted by Crippen LogP contribution is -2.10. The molecule has 0 aliphatic rings. The fourth-order valence-corrected chi connectivity index (χ4v) is 8.22. The van der Waals surface area contributed by atoms with Crippen molar-refractivity contribution in [3.63, 3.8) is 0 Å². The van der Waals surface area contributed by atoms with Crippen LogP contribution < -0.4 is 4.90 Å². The summed E-state index contributed by atoms with van der Waals surface area (Å²) >= 11 is 0. The zero-order chi connectivity index (χ0) is 39.4. The van der Waals surface area contributed by atoms with E-state index < -0.39 is 0 Å². The molecule has 0 radical (unpaired) electrons. The van der Waals surface area contributed by atoms with Gasteiger partial charge in [0, 0.05) is 17.1 Å². The SMILES string of the molecule is c1ccc(-c2ccc(-c3ccc(N(c4ccc(-c5cccc(-c6ccccc6)c5)cc4)c4cccc(-c5cccc(-c6cccc7ccccc67)c5)c4)cc3)cc2)cc1. The van der Waals surface area contributed by atoms with Gasteiger partial charge < -0.3 is 4.90 Å². The highest BCUT2D eigenvalue weighted by Gasteiger charge is 2.15. The van der Waals surface area contributed by atoms with Gasteiger partial charge in [-0.25, -0.2) is 0 Å². The Labute approximate surface area is 346 Å². The Morgan fingerprint density at radius 1 is 0.203 bits per heavy atom. The van der Waals surface area contributed by atoms with E-state index in [0.29, 0.717) is 0 Å². The summed E-state index contributed by atoms with van der Waals surface area (Å²) in [6.07, 6.45) is 0. The largest absolute Gasteiger partial charge is 0.310 e. The monoisotopic (exact) mass is 751 g/mol. The highest BCUT2D eigenvalue weighted by Crippen LogP contribution is 2.40. The molecule has 1 nitrogen and oxygen atoms in total. The van der Waals surface area contributed by atoms with Crippen molar-refractivity contribution in [1.82, 2.24) is 0 Å². The molecule has 278 valence electrons. The fraction of sp³-hybridized carbons (Fsp3) is 0. The first-order valence-corrected chi connectivity index (χ1v) is 20.2. The van der Waals surface area contributed by atoms with Gasteiger partial charge in [-0.2, -0.15) is 0 Å². The Kier molecular flexibility index (Phi) is 9.68. The van der Waals surface area contributed by atoms with Crippen molar-refractivity contribution in [2.24, 2.45) is 0 Å². The second-order valence-corrected chi connectivity index (χ2v) is 15.0. The van der Waals surface area contributed by atoms with Crippen LogP contribution in [0.4, 0.5) is 17.1 Å². The van der Waals surface area contributed by atoms with Gasteiger partial charge in [-0.1, -0.05) is 200 Å². The van der Waals surface area contributed by atoms with Gasteiger partial charge >= 0.3 is 0 Å². The van der Waals surface area contributed by atoms with Crippen LogP contribution in [0.1, 0.15) is 0 Å². The van der Waals surface area contributed by atoms with Crippen LogP contribution in [-0.2, 0) is 0 Å². The van der Waals surface area contributed by atoms with E-state index in [2.05, 4.69) is 254 Å². The molecule has 0 N–H and O–H groups in total. The Morgan fingerprint density at radius 3 is 1.15 bits per heavy atom. The molecule has 0 aromatic heterocycles. The van der Waals surface area contributed by atoms with Crippen LogP contribution in [0.15, 0.2) is 249 Å². The van der Waals surface area contributed by atoms with Crippen LogP contribution in [0.3, 0.4) is 0 Å². The first-order chi connectivity index (χ1) is 29.2. The molecule has 10 rings (SSSR count). The van der Waals surface area contributed by atoms with E-state index in [4.69, 9.17) is 0 Å². The summed E-state index contributed by atoms with van der Waals surface area (Å²) < 4.78 is 0. The van der Waals surface area contributed by atoms with E-state index in [-0.39, 0.29) is 0 Å². The summed E-state index contributed by atoms with van der Waals surface area (Å²) in [5.41, 5.74) is 17.7. The minimum Gasteiger partial charge on any atom is -0.310 e. The predicted octanol–water partition coefficient (Wildman–Crippen LogP) is 16.3. The maximum atomic E-state index is 2.37. The van der Waals surface area contributed by atoms with Crippen LogP contribution in [-0.4, -0.2) is 0 Å². The molecule has 0 heterocycles. The molecular formula is C58H41N. The molecule has 0 spiro atoms. The Hall–Kier alpha value is -7.74. The molecule has 0 fully saturated rings. The van der Waals surface area contributed by atoms with Crippen LogP contribution >= 0.6 is 0 Å². The normalized spacial score (nSPS) is 11.1.